The maximum Gasteiger partial charge on any atom is 0.240 e. The molecular weight excluding hydrogens is 302 g/mol. The van der Waals surface area contributed by atoms with Gasteiger partial charge in [-0.05, 0) is 18.2 Å². The van der Waals surface area contributed by atoms with Crippen LogP contribution >= 0.6 is 0 Å². The van der Waals surface area contributed by atoms with Gasteiger partial charge < -0.3 is 0 Å². The van der Waals surface area contributed by atoms with Gasteiger partial charge in [-0.1, -0.05) is 31.2 Å². The Kier molecular flexibility index (Phi) is 3.42. The summed E-state index contributed by atoms with van der Waals surface area (Å²) in [5.41, 5.74) is 1.02. The fourth-order valence-electron chi connectivity index (χ4n) is 2.52. The Morgan fingerprint density at radius 2 is 1.41 bits per heavy atom. The van der Waals surface area contributed by atoms with E-state index in [-0.39, 0.29) is 34.1 Å². The van der Waals surface area contributed by atoms with Crippen LogP contribution in [0.3, 0.4) is 0 Å². The van der Waals surface area contributed by atoms with E-state index in [4.69, 9.17) is 0 Å². The first-order valence-corrected chi connectivity index (χ1v) is 8.26. The Hall–Kier alpha value is -2.31. The normalized spacial score (nSPS) is 13.7. The van der Waals surface area contributed by atoms with Crippen LogP contribution in [0.1, 0.15) is 38.8 Å². The summed E-state index contributed by atoms with van der Waals surface area (Å²) in [4.78, 5) is 24.9. The van der Waals surface area contributed by atoms with Gasteiger partial charge in [0.15, 0.2) is 11.6 Å². The van der Waals surface area contributed by atoms with E-state index < -0.39 is 10.0 Å². The average molecular weight is 315 g/mol. The predicted molar refractivity (Wildman–Crippen MR) is 80.6 cm³/mol. The van der Waals surface area contributed by atoms with Crippen molar-refractivity contribution < 1.29 is 18.0 Å². The molecule has 0 fully saturated rings. The van der Waals surface area contributed by atoms with Crippen molar-refractivity contribution in [3.8, 4) is 0 Å². The Morgan fingerprint density at radius 1 is 0.864 bits per heavy atom. The second-order valence-electron chi connectivity index (χ2n) is 4.91. The number of nitrogens with one attached hydrogen (secondary N) is 1. The molecule has 3 rings (SSSR count). The van der Waals surface area contributed by atoms with Gasteiger partial charge in [0.05, 0.1) is 4.90 Å². The van der Waals surface area contributed by atoms with Crippen molar-refractivity contribution >= 4 is 21.6 Å². The molecule has 0 saturated carbocycles. The number of sulfonamides is 1. The Labute approximate surface area is 128 Å². The van der Waals surface area contributed by atoms with Crippen LogP contribution in [0.15, 0.2) is 47.4 Å². The van der Waals surface area contributed by atoms with E-state index in [9.17, 15) is 18.0 Å². The first-order chi connectivity index (χ1) is 10.5. The Morgan fingerprint density at radius 3 is 2.00 bits per heavy atom. The molecule has 22 heavy (non-hydrogen) atoms. The summed E-state index contributed by atoms with van der Waals surface area (Å²) in [6.07, 6.45) is 0. The highest BCUT2D eigenvalue weighted by molar-refractivity contribution is 7.89. The number of rotatable bonds is 3. The summed E-state index contributed by atoms with van der Waals surface area (Å²) >= 11 is 0. The molecule has 2 aromatic rings. The van der Waals surface area contributed by atoms with Crippen LogP contribution < -0.4 is 4.72 Å². The average Bonchev–Trinajstić information content (AvgIpc) is 2.52. The van der Waals surface area contributed by atoms with Gasteiger partial charge in [-0.15, -0.1) is 0 Å². The molecule has 0 heterocycles. The van der Waals surface area contributed by atoms with Crippen molar-refractivity contribution in [2.75, 3.05) is 6.54 Å². The zero-order valence-corrected chi connectivity index (χ0v) is 12.6. The van der Waals surface area contributed by atoms with E-state index in [1.165, 1.54) is 18.2 Å². The van der Waals surface area contributed by atoms with Crippen molar-refractivity contribution in [3.05, 3.63) is 64.7 Å². The summed E-state index contributed by atoms with van der Waals surface area (Å²) in [6, 6.07) is 10.5. The van der Waals surface area contributed by atoms with Gasteiger partial charge >= 0.3 is 0 Å². The molecule has 0 spiro atoms. The fourth-order valence-corrected chi connectivity index (χ4v) is 3.59. The van der Waals surface area contributed by atoms with Crippen molar-refractivity contribution in [1.82, 2.24) is 4.72 Å². The molecule has 0 bridgehead atoms. The van der Waals surface area contributed by atoms with Gasteiger partial charge in [0, 0.05) is 28.8 Å². The van der Waals surface area contributed by atoms with Crippen LogP contribution in [0.5, 0.6) is 0 Å². The van der Waals surface area contributed by atoms with Crippen molar-refractivity contribution in [1.29, 1.82) is 0 Å². The lowest BCUT2D eigenvalue weighted by atomic mass is 9.84. The zero-order chi connectivity index (χ0) is 15.9. The number of ketones is 2. The van der Waals surface area contributed by atoms with Crippen molar-refractivity contribution in [2.24, 2.45) is 0 Å². The monoisotopic (exact) mass is 315 g/mol. The topological polar surface area (TPSA) is 80.3 Å². The quantitative estimate of drug-likeness (QED) is 0.798. The lowest BCUT2D eigenvalue weighted by Crippen LogP contribution is -2.25. The Balaban J connectivity index is 2.18. The molecule has 0 aromatic heterocycles. The van der Waals surface area contributed by atoms with E-state index in [2.05, 4.69) is 4.72 Å². The molecule has 1 aliphatic rings. The predicted octanol–water partition coefficient (Wildman–Crippen LogP) is 1.76. The fraction of sp³-hybridized carbons (Fsp3) is 0.125. The third-order valence-corrected chi connectivity index (χ3v) is 5.08. The summed E-state index contributed by atoms with van der Waals surface area (Å²) in [5.74, 6) is -0.601. The lowest BCUT2D eigenvalue weighted by molar-refractivity contribution is 0.0979. The smallest absolute Gasteiger partial charge is 0.240 e. The third-order valence-electron chi connectivity index (χ3n) is 3.54. The summed E-state index contributed by atoms with van der Waals surface area (Å²) in [7, 11) is -3.68. The van der Waals surface area contributed by atoms with Crippen LogP contribution in [0.2, 0.25) is 0 Å². The molecular formula is C16H13NO4S. The van der Waals surface area contributed by atoms with E-state index >= 15 is 0 Å². The van der Waals surface area contributed by atoms with Crippen molar-refractivity contribution in [2.45, 2.75) is 11.8 Å². The molecule has 112 valence electrons. The molecule has 0 saturated heterocycles. The third kappa shape index (κ3) is 2.17. The van der Waals surface area contributed by atoms with Crippen LogP contribution in [-0.2, 0) is 10.0 Å². The maximum absolute atomic E-state index is 12.5. The first kappa shape index (κ1) is 14.6. The summed E-state index contributed by atoms with van der Waals surface area (Å²) in [5, 5.41) is 0. The minimum absolute atomic E-state index is 0.0198. The molecule has 5 nitrogen and oxygen atoms in total. The van der Waals surface area contributed by atoms with E-state index in [1.54, 1.807) is 31.2 Å². The molecule has 1 aliphatic carbocycles. The highest BCUT2D eigenvalue weighted by atomic mass is 32.2. The molecule has 2 aromatic carbocycles. The first-order valence-electron chi connectivity index (χ1n) is 6.78. The van der Waals surface area contributed by atoms with E-state index in [1.807, 2.05) is 0 Å². The molecule has 0 amide bonds. The van der Waals surface area contributed by atoms with Crippen molar-refractivity contribution in [3.63, 3.8) is 0 Å². The molecule has 6 heteroatoms. The van der Waals surface area contributed by atoms with E-state index in [0.717, 1.165) is 0 Å². The van der Waals surface area contributed by atoms with Crippen LogP contribution in [0.25, 0.3) is 0 Å². The molecule has 0 unspecified atom stereocenters. The highest BCUT2D eigenvalue weighted by Crippen LogP contribution is 2.28. The number of fused-ring (bicyclic) bond motifs is 2. The minimum Gasteiger partial charge on any atom is -0.289 e. The minimum atomic E-state index is -3.68. The van der Waals surface area contributed by atoms with Gasteiger partial charge in [0.2, 0.25) is 10.0 Å². The number of hydrogen-bond acceptors (Lipinski definition) is 4. The van der Waals surface area contributed by atoms with Gasteiger partial charge in [0.1, 0.15) is 0 Å². The summed E-state index contributed by atoms with van der Waals surface area (Å²) in [6.45, 7) is 1.91. The van der Waals surface area contributed by atoms with Crippen LogP contribution in [0, 0.1) is 0 Å². The number of hydrogen-bond donors (Lipinski definition) is 1. The maximum atomic E-state index is 12.5. The van der Waals surface area contributed by atoms with Crippen LogP contribution in [-0.4, -0.2) is 26.5 Å². The summed E-state index contributed by atoms with van der Waals surface area (Å²) < 4.78 is 26.5. The van der Waals surface area contributed by atoms with Gasteiger partial charge in [-0.25, -0.2) is 13.1 Å². The van der Waals surface area contributed by atoms with Crippen LogP contribution in [0.4, 0.5) is 0 Å². The molecule has 0 atom stereocenters. The second kappa shape index (κ2) is 5.15. The molecule has 0 aliphatic heterocycles. The molecule has 1 N–H and O–H groups in total. The number of carbonyl (C=O) groups is 2. The van der Waals surface area contributed by atoms with E-state index in [0.29, 0.717) is 11.1 Å². The lowest BCUT2D eigenvalue weighted by Gasteiger charge is -2.18. The van der Waals surface area contributed by atoms with Gasteiger partial charge in [-0.3, -0.25) is 9.59 Å². The van der Waals surface area contributed by atoms with Gasteiger partial charge in [0.25, 0.3) is 0 Å². The molecule has 0 radical (unpaired) electrons. The Bertz CT molecular complexity index is 900. The second-order valence-corrected chi connectivity index (χ2v) is 6.68. The highest BCUT2D eigenvalue weighted by Gasteiger charge is 2.30. The largest absolute Gasteiger partial charge is 0.289 e. The number of benzene rings is 2. The SMILES string of the molecule is CCNS(=O)(=O)c1ccc2c(c1)C(=O)c1ccccc1C2=O. The number of carbonyl (C=O) groups excluding carboxylic acids is 2. The standard InChI is InChI=1S/C16H13NO4S/c1-2-17-22(20,21)10-7-8-13-14(9-10)16(19)12-6-4-3-5-11(12)15(13)18/h3-9,17H,2H2,1H3. The van der Waals surface area contributed by atoms with Gasteiger partial charge in [-0.2, -0.15) is 0 Å². The zero-order valence-electron chi connectivity index (χ0n) is 11.8.